The normalized spacial score (nSPS) is 21.4. The second kappa shape index (κ2) is 10.6. The first-order chi connectivity index (χ1) is 12.6. The van der Waals surface area contributed by atoms with Gasteiger partial charge in [0.05, 0.1) is 6.61 Å². The maximum absolute atomic E-state index is 12.6. The molecule has 2 amide bonds. The summed E-state index contributed by atoms with van der Waals surface area (Å²) in [6, 6.07) is 0. The van der Waals surface area contributed by atoms with Crippen molar-refractivity contribution < 1.29 is 35.1 Å². The van der Waals surface area contributed by atoms with Crippen LogP contribution in [0.5, 0.6) is 0 Å². The van der Waals surface area contributed by atoms with Gasteiger partial charge in [0.1, 0.15) is 12.2 Å². The van der Waals surface area contributed by atoms with Crippen molar-refractivity contribution in [1.29, 1.82) is 0 Å². The van der Waals surface area contributed by atoms with Crippen LogP contribution in [0.25, 0.3) is 0 Å². The third-order valence-corrected chi connectivity index (χ3v) is 5.54. The van der Waals surface area contributed by atoms with E-state index in [2.05, 4.69) is 17.9 Å². The van der Waals surface area contributed by atoms with Crippen molar-refractivity contribution in [3.63, 3.8) is 0 Å². The number of hydrogen-bond acceptors (Lipinski definition) is 8. The third-order valence-electron chi connectivity index (χ3n) is 4.90. The number of hydrogen-bond donors (Lipinski definition) is 7. The lowest BCUT2D eigenvalue weighted by atomic mass is 9.84. The summed E-state index contributed by atoms with van der Waals surface area (Å²) in [5.41, 5.74) is -2.48. The number of unbranched alkanes of at least 4 members (excludes halogenated alkanes) is 1. The van der Waals surface area contributed by atoms with Gasteiger partial charge in [-0.2, -0.15) is 0 Å². The van der Waals surface area contributed by atoms with Gasteiger partial charge in [0.15, 0.2) is 10.5 Å². The van der Waals surface area contributed by atoms with Crippen molar-refractivity contribution >= 4 is 24.4 Å². The highest BCUT2D eigenvalue weighted by atomic mass is 32.1. The lowest BCUT2D eigenvalue weighted by molar-refractivity contribution is -0.189. The van der Waals surface area contributed by atoms with Gasteiger partial charge >= 0.3 is 0 Å². The van der Waals surface area contributed by atoms with Crippen LogP contribution in [0.4, 0.5) is 0 Å². The molecule has 4 atom stereocenters. The summed E-state index contributed by atoms with van der Waals surface area (Å²) in [6.45, 7) is 2.26. The van der Waals surface area contributed by atoms with Crippen molar-refractivity contribution in [2.45, 2.75) is 68.2 Å². The van der Waals surface area contributed by atoms with Crippen LogP contribution in [0.3, 0.4) is 0 Å². The van der Waals surface area contributed by atoms with E-state index in [4.69, 9.17) is 5.11 Å². The molecule has 1 heterocycles. The smallest absolute Gasteiger partial charge is 0.256 e. The fourth-order valence-corrected chi connectivity index (χ4v) is 3.45. The molecule has 4 unspecified atom stereocenters. The number of thiol groups is 1. The highest BCUT2D eigenvalue weighted by Crippen LogP contribution is 2.36. The molecule has 0 aromatic heterocycles. The lowest BCUT2D eigenvalue weighted by Gasteiger charge is -2.42. The number of carbonyl (C=O) groups is 2. The molecule has 0 aromatic rings. The largest absolute Gasteiger partial charge is 0.394 e. The number of likely N-dealkylation sites (tertiary alicyclic amines) is 1. The van der Waals surface area contributed by atoms with Crippen LogP contribution in [-0.4, -0.2) is 91.2 Å². The first-order valence-electron chi connectivity index (χ1n) is 9.32. The Bertz CT molecular complexity index is 506. The summed E-state index contributed by atoms with van der Waals surface area (Å²) in [5.74, 6) is -0.864. The second-order valence-corrected chi connectivity index (χ2v) is 7.66. The molecule has 10 heteroatoms. The van der Waals surface area contributed by atoms with Gasteiger partial charge in [0.25, 0.3) is 5.91 Å². The number of nitrogens with one attached hydrogen (secondary N) is 1. The Labute approximate surface area is 164 Å². The zero-order valence-corrected chi connectivity index (χ0v) is 16.6. The molecule has 1 aliphatic heterocycles. The van der Waals surface area contributed by atoms with Gasteiger partial charge in [0, 0.05) is 26.1 Å². The molecule has 0 bridgehead atoms. The molecule has 158 valence electrons. The average Bonchev–Trinajstić information content (AvgIpc) is 3.06. The Balaban J connectivity index is 2.74. The molecule has 0 spiro atoms. The fourth-order valence-electron chi connectivity index (χ4n) is 3.07. The number of aliphatic hydroxyl groups excluding tert-OH is 3. The molecular formula is C17H32N2O7S. The third kappa shape index (κ3) is 5.78. The van der Waals surface area contributed by atoms with Crippen molar-refractivity contribution in [2.75, 3.05) is 26.2 Å². The quantitative estimate of drug-likeness (QED) is 0.116. The van der Waals surface area contributed by atoms with Gasteiger partial charge in [-0.3, -0.25) is 9.59 Å². The van der Waals surface area contributed by atoms with E-state index < -0.39 is 35.3 Å². The van der Waals surface area contributed by atoms with Gasteiger partial charge in [-0.25, -0.2) is 0 Å². The van der Waals surface area contributed by atoms with Crippen molar-refractivity contribution in [3.8, 4) is 0 Å². The topological polar surface area (TPSA) is 151 Å². The summed E-state index contributed by atoms with van der Waals surface area (Å²) < 4.78 is 0. The van der Waals surface area contributed by atoms with E-state index in [0.29, 0.717) is 38.8 Å². The van der Waals surface area contributed by atoms with E-state index in [1.807, 2.05) is 6.92 Å². The second-order valence-electron chi connectivity index (χ2n) is 6.98. The summed E-state index contributed by atoms with van der Waals surface area (Å²) in [7, 11) is 0. The predicted octanol–water partition coefficient (Wildman–Crippen LogP) is -1.63. The summed E-state index contributed by atoms with van der Waals surface area (Å²) in [6.07, 6.45) is -1.26. The molecule has 0 radical (unpaired) electrons. The Morgan fingerprint density at radius 3 is 2.52 bits per heavy atom. The Morgan fingerprint density at radius 1 is 1.33 bits per heavy atom. The molecule has 27 heavy (non-hydrogen) atoms. The van der Waals surface area contributed by atoms with Gasteiger partial charge < -0.3 is 35.7 Å². The Morgan fingerprint density at radius 2 is 2.00 bits per heavy atom. The Kier molecular flexibility index (Phi) is 9.46. The van der Waals surface area contributed by atoms with Gasteiger partial charge in [-0.15, -0.1) is 12.6 Å². The van der Waals surface area contributed by atoms with E-state index in [1.165, 1.54) is 0 Å². The summed E-state index contributed by atoms with van der Waals surface area (Å²) in [5, 5.41) is 52.5. The number of rotatable bonds is 12. The molecule has 1 aliphatic rings. The average molecular weight is 409 g/mol. The molecule has 9 nitrogen and oxygen atoms in total. The van der Waals surface area contributed by atoms with Crippen LogP contribution in [-0.2, 0) is 9.59 Å². The van der Waals surface area contributed by atoms with Crippen LogP contribution in [0.2, 0.25) is 0 Å². The molecule has 0 saturated carbocycles. The highest BCUT2D eigenvalue weighted by molar-refractivity contribution is 7.81. The minimum Gasteiger partial charge on any atom is -0.394 e. The van der Waals surface area contributed by atoms with Gasteiger partial charge in [-0.1, -0.05) is 19.8 Å². The lowest BCUT2D eigenvalue weighted by Crippen LogP contribution is -2.67. The van der Waals surface area contributed by atoms with E-state index in [-0.39, 0.29) is 18.9 Å². The summed E-state index contributed by atoms with van der Waals surface area (Å²) in [4.78, 5) is 23.2. The maximum atomic E-state index is 12.6. The first-order valence-corrected chi connectivity index (χ1v) is 9.76. The van der Waals surface area contributed by atoms with Crippen LogP contribution in [0, 0.1) is 0 Å². The number of nitrogens with zero attached hydrogens (tertiary/aromatic N) is 1. The SMILES string of the molecule is CCCCC(O)(C(=O)NCCCN1CCCC1=O)C(O)(S)C(O)C(O)CO. The minimum atomic E-state index is -2.68. The molecule has 0 aromatic carbocycles. The highest BCUT2D eigenvalue weighted by Gasteiger charge is 2.57. The van der Waals surface area contributed by atoms with E-state index in [0.717, 1.165) is 6.42 Å². The van der Waals surface area contributed by atoms with E-state index in [1.54, 1.807) is 4.90 Å². The van der Waals surface area contributed by atoms with Crippen LogP contribution in [0.1, 0.15) is 45.4 Å². The Hall–Kier alpha value is -0.910. The number of amides is 2. The zero-order valence-electron chi connectivity index (χ0n) is 15.7. The molecular weight excluding hydrogens is 376 g/mol. The molecule has 1 fully saturated rings. The maximum Gasteiger partial charge on any atom is 0.256 e. The monoisotopic (exact) mass is 408 g/mol. The van der Waals surface area contributed by atoms with Gasteiger partial charge in [0.2, 0.25) is 5.91 Å². The minimum absolute atomic E-state index is 0.0756. The molecule has 1 rings (SSSR count). The van der Waals surface area contributed by atoms with Crippen molar-refractivity contribution in [3.05, 3.63) is 0 Å². The van der Waals surface area contributed by atoms with Crippen LogP contribution < -0.4 is 5.32 Å². The van der Waals surface area contributed by atoms with Crippen LogP contribution in [0.15, 0.2) is 0 Å². The molecule has 0 aliphatic carbocycles. The first kappa shape index (κ1) is 24.1. The predicted molar refractivity (Wildman–Crippen MR) is 101 cm³/mol. The van der Waals surface area contributed by atoms with Crippen molar-refractivity contribution in [2.24, 2.45) is 0 Å². The van der Waals surface area contributed by atoms with E-state index in [9.17, 15) is 30.0 Å². The van der Waals surface area contributed by atoms with Crippen LogP contribution >= 0.6 is 12.6 Å². The number of aliphatic hydroxyl groups is 5. The standard InChI is InChI=1S/C17H32N2O7S/c1-2-3-7-16(25,17(26,27)14(23)12(21)11-20)15(24)18-8-5-10-19-9-4-6-13(19)22/h12,14,20-21,23,25-27H,2-11H2,1H3,(H,18,24). The molecule has 1 saturated heterocycles. The van der Waals surface area contributed by atoms with Gasteiger partial charge in [-0.05, 0) is 19.3 Å². The van der Waals surface area contributed by atoms with E-state index >= 15 is 0 Å². The fraction of sp³-hybridized carbons (Fsp3) is 0.882. The summed E-state index contributed by atoms with van der Waals surface area (Å²) >= 11 is 3.87. The zero-order chi connectivity index (χ0) is 20.7. The molecule has 6 N–H and O–H groups in total. The number of carbonyl (C=O) groups excluding carboxylic acids is 2. The van der Waals surface area contributed by atoms with Crippen molar-refractivity contribution in [1.82, 2.24) is 10.2 Å².